The molecule has 1 aromatic rings. The smallest absolute Gasteiger partial charge is 0.320 e. The average molecular weight is 342 g/mol. The highest BCUT2D eigenvalue weighted by molar-refractivity contribution is 5.71. The number of rotatable bonds is 6. The van der Waals surface area contributed by atoms with E-state index < -0.39 is 24.3 Å². The maximum atomic E-state index is 12.6. The summed E-state index contributed by atoms with van der Waals surface area (Å²) in [6.45, 7) is 4.78. The van der Waals surface area contributed by atoms with E-state index in [0.717, 1.165) is 13.1 Å². The van der Waals surface area contributed by atoms with Crippen molar-refractivity contribution < 1.29 is 22.7 Å². The number of halogens is 3. The quantitative estimate of drug-likeness (QED) is 0.744. The third-order valence-corrected chi connectivity index (χ3v) is 3.97. The minimum atomic E-state index is -2.36. The number of esters is 1. The highest BCUT2D eigenvalue weighted by Gasteiger charge is 2.20. The van der Waals surface area contributed by atoms with Crippen LogP contribution in [-0.4, -0.2) is 50.2 Å². The molecule has 1 aliphatic heterocycles. The van der Waals surface area contributed by atoms with Gasteiger partial charge in [-0.2, -0.15) is 8.78 Å². The topological polar surface area (TPSA) is 32.8 Å². The maximum absolute atomic E-state index is 12.6. The summed E-state index contributed by atoms with van der Waals surface area (Å²) in [6.07, 6.45) is -2.95. The molecule has 0 amide bonds. The molecule has 0 radical (unpaired) electrons. The Hall–Kier alpha value is -2.02. The highest BCUT2D eigenvalue weighted by atomic mass is 19.3. The Morgan fingerprint density at radius 3 is 2.42 bits per heavy atom. The number of hydrogen-bond acceptors (Lipinski definition) is 4. The Bertz CT molecular complexity index is 595. The first kappa shape index (κ1) is 18.3. The van der Waals surface area contributed by atoms with Crippen LogP contribution < -0.4 is 4.90 Å². The van der Waals surface area contributed by atoms with Gasteiger partial charge < -0.3 is 9.64 Å². The lowest BCUT2D eigenvalue weighted by Crippen LogP contribution is -2.48. The maximum Gasteiger partial charge on any atom is 0.320 e. The van der Waals surface area contributed by atoms with Crippen molar-refractivity contribution >= 4 is 11.7 Å². The summed E-state index contributed by atoms with van der Waals surface area (Å²) in [4.78, 5) is 15.9. The first-order valence-corrected chi connectivity index (χ1v) is 7.85. The van der Waals surface area contributed by atoms with Gasteiger partial charge in [0.15, 0.2) is 5.83 Å². The molecule has 0 unspecified atom stereocenters. The molecular formula is C17H21F3N2O2. The number of nitrogens with zero attached hydrogens (tertiary/aromatic N) is 2. The molecule has 0 N–H and O–H groups in total. The molecule has 1 aromatic carbocycles. The van der Waals surface area contributed by atoms with Gasteiger partial charge in [-0.15, -0.1) is 0 Å². The van der Waals surface area contributed by atoms with Crippen LogP contribution in [0.15, 0.2) is 36.2 Å². The monoisotopic (exact) mass is 342 g/mol. The van der Waals surface area contributed by atoms with Crippen molar-refractivity contribution in [3.05, 3.63) is 41.7 Å². The second-order valence-electron chi connectivity index (χ2n) is 5.69. The summed E-state index contributed by atoms with van der Waals surface area (Å²) in [5.74, 6) is -2.05. The van der Waals surface area contributed by atoms with Gasteiger partial charge in [0.1, 0.15) is 0 Å². The van der Waals surface area contributed by atoms with Gasteiger partial charge in [-0.3, -0.25) is 9.69 Å². The van der Waals surface area contributed by atoms with Crippen LogP contribution in [0.25, 0.3) is 0 Å². The zero-order chi connectivity index (χ0) is 17.5. The van der Waals surface area contributed by atoms with E-state index in [2.05, 4.69) is 24.0 Å². The fourth-order valence-electron chi connectivity index (χ4n) is 2.64. The van der Waals surface area contributed by atoms with Crippen LogP contribution in [0.4, 0.5) is 18.9 Å². The normalized spacial score (nSPS) is 15.2. The van der Waals surface area contributed by atoms with E-state index in [-0.39, 0.29) is 13.2 Å². The summed E-state index contributed by atoms with van der Waals surface area (Å²) in [7, 11) is 0. The van der Waals surface area contributed by atoms with E-state index >= 15 is 0 Å². The van der Waals surface area contributed by atoms with Crippen LogP contribution in [0.1, 0.15) is 12.0 Å². The molecule has 0 atom stereocenters. The van der Waals surface area contributed by atoms with E-state index in [9.17, 15) is 18.0 Å². The Kier molecular flexibility index (Phi) is 6.66. The van der Waals surface area contributed by atoms with Gasteiger partial charge >= 0.3 is 12.0 Å². The lowest BCUT2D eigenvalue weighted by molar-refractivity contribution is -0.145. The molecule has 1 heterocycles. The largest absolute Gasteiger partial charge is 0.464 e. The lowest BCUT2D eigenvalue weighted by atomic mass is 10.1. The third kappa shape index (κ3) is 5.26. The number of hydrogen-bond donors (Lipinski definition) is 0. The molecule has 0 saturated carbocycles. The summed E-state index contributed by atoms with van der Waals surface area (Å²) in [5.41, 5.74) is 2.40. The third-order valence-electron chi connectivity index (χ3n) is 3.97. The summed E-state index contributed by atoms with van der Waals surface area (Å²) in [6, 6.07) is 8.13. The fourth-order valence-corrected chi connectivity index (χ4v) is 2.64. The van der Waals surface area contributed by atoms with E-state index in [4.69, 9.17) is 4.74 Å². The van der Waals surface area contributed by atoms with E-state index in [1.807, 2.05) is 17.0 Å². The first-order valence-electron chi connectivity index (χ1n) is 7.85. The summed E-state index contributed by atoms with van der Waals surface area (Å²) in [5, 5.41) is 0. The molecule has 0 spiro atoms. The second-order valence-corrected chi connectivity index (χ2v) is 5.69. The molecule has 7 heteroatoms. The predicted molar refractivity (Wildman–Crippen MR) is 85.8 cm³/mol. The van der Waals surface area contributed by atoms with E-state index in [1.165, 1.54) is 11.3 Å². The Labute approximate surface area is 139 Å². The zero-order valence-corrected chi connectivity index (χ0v) is 13.6. The van der Waals surface area contributed by atoms with Gasteiger partial charge in [-0.25, -0.2) is 4.39 Å². The minimum absolute atomic E-state index is 0.0883. The van der Waals surface area contributed by atoms with Gasteiger partial charge in [0.05, 0.1) is 13.2 Å². The molecule has 0 aliphatic carbocycles. The van der Waals surface area contributed by atoms with Crippen molar-refractivity contribution in [2.24, 2.45) is 0 Å². The SMILES string of the molecule is Cc1ccccc1N1CCN(CC(=O)OCCC(F)=C(F)F)CC1. The van der Waals surface area contributed by atoms with Crippen LogP contribution in [0.5, 0.6) is 0 Å². The van der Waals surface area contributed by atoms with Crippen molar-refractivity contribution in [2.75, 3.05) is 44.2 Å². The zero-order valence-electron chi connectivity index (χ0n) is 13.6. The number of carbonyl (C=O) groups excluding carboxylic acids is 1. The predicted octanol–water partition coefficient (Wildman–Crippen LogP) is 3.13. The van der Waals surface area contributed by atoms with Crippen LogP contribution in [0.3, 0.4) is 0 Å². The van der Waals surface area contributed by atoms with Crippen LogP contribution in [0.2, 0.25) is 0 Å². The lowest BCUT2D eigenvalue weighted by Gasteiger charge is -2.36. The van der Waals surface area contributed by atoms with Crippen molar-refractivity contribution in [1.82, 2.24) is 4.90 Å². The van der Waals surface area contributed by atoms with Crippen molar-refractivity contribution in [2.45, 2.75) is 13.3 Å². The molecule has 4 nitrogen and oxygen atoms in total. The Morgan fingerprint density at radius 1 is 1.12 bits per heavy atom. The number of para-hydroxylation sites is 1. The Balaban J connectivity index is 1.72. The van der Waals surface area contributed by atoms with Crippen molar-refractivity contribution in [3.8, 4) is 0 Å². The number of piperazine rings is 1. The number of aryl methyl sites for hydroxylation is 1. The van der Waals surface area contributed by atoms with Crippen LogP contribution in [0, 0.1) is 6.92 Å². The van der Waals surface area contributed by atoms with Gasteiger partial charge in [-0.05, 0) is 18.6 Å². The molecule has 2 rings (SSSR count). The molecule has 0 aromatic heterocycles. The molecule has 132 valence electrons. The number of ether oxygens (including phenoxy) is 1. The molecule has 0 bridgehead atoms. The van der Waals surface area contributed by atoms with E-state index in [1.54, 1.807) is 0 Å². The molecule has 24 heavy (non-hydrogen) atoms. The van der Waals surface area contributed by atoms with Crippen molar-refractivity contribution in [1.29, 1.82) is 0 Å². The van der Waals surface area contributed by atoms with Gasteiger partial charge in [0, 0.05) is 38.3 Å². The van der Waals surface area contributed by atoms with Gasteiger partial charge in [-0.1, -0.05) is 18.2 Å². The highest BCUT2D eigenvalue weighted by Crippen LogP contribution is 2.20. The Morgan fingerprint density at radius 2 is 1.79 bits per heavy atom. The van der Waals surface area contributed by atoms with Crippen molar-refractivity contribution in [3.63, 3.8) is 0 Å². The van der Waals surface area contributed by atoms with Crippen LogP contribution >= 0.6 is 0 Å². The summed E-state index contributed by atoms with van der Waals surface area (Å²) < 4.78 is 41.2. The summed E-state index contributed by atoms with van der Waals surface area (Å²) >= 11 is 0. The standard InChI is InChI=1S/C17H21F3N2O2/c1-13-4-2-3-5-15(13)22-9-7-21(8-10-22)12-16(23)24-11-6-14(18)17(19)20/h2-5H,6-12H2,1H3. The second kappa shape index (κ2) is 8.73. The number of anilines is 1. The molecule has 1 aliphatic rings. The molecular weight excluding hydrogens is 321 g/mol. The number of carbonyl (C=O) groups is 1. The number of benzene rings is 1. The fraction of sp³-hybridized carbons (Fsp3) is 0.471. The van der Waals surface area contributed by atoms with Gasteiger partial charge in [0.25, 0.3) is 0 Å². The first-order chi connectivity index (χ1) is 11.5. The molecule has 1 saturated heterocycles. The average Bonchev–Trinajstić information content (AvgIpc) is 2.56. The molecule has 1 fully saturated rings. The van der Waals surface area contributed by atoms with Gasteiger partial charge in [0.2, 0.25) is 0 Å². The van der Waals surface area contributed by atoms with Crippen LogP contribution in [-0.2, 0) is 9.53 Å². The minimum Gasteiger partial charge on any atom is -0.464 e. The van der Waals surface area contributed by atoms with E-state index in [0.29, 0.717) is 13.1 Å².